The minimum absolute atomic E-state index is 0.151. The molecule has 0 aromatic heterocycles. The van der Waals surface area contributed by atoms with Crippen LogP contribution in [0.5, 0.6) is 5.75 Å². The van der Waals surface area contributed by atoms with Gasteiger partial charge in [0.1, 0.15) is 11.6 Å². The summed E-state index contributed by atoms with van der Waals surface area (Å²) in [5, 5.41) is 3.18. The van der Waals surface area contributed by atoms with Crippen LogP contribution in [-0.2, 0) is 11.3 Å². The molecule has 1 amide bonds. The first-order valence-electron chi connectivity index (χ1n) is 10.7. The lowest BCUT2D eigenvalue weighted by atomic mass is 9.93. The van der Waals surface area contributed by atoms with Gasteiger partial charge in [0.25, 0.3) is 0 Å². The lowest BCUT2D eigenvalue weighted by Crippen LogP contribution is -2.50. The van der Waals surface area contributed by atoms with E-state index in [2.05, 4.69) is 15.1 Å². The molecule has 0 unspecified atom stereocenters. The summed E-state index contributed by atoms with van der Waals surface area (Å²) in [5.41, 5.74) is 0.701. The van der Waals surface area contributed by atoms with Crippen molar-refractivity contribution >= 4 is 5.91 Å². The van der Waals surface area contributed by atoms with Crippen LogP contribution in [-0.4, -0.2) is 61.1 Å². The molecular weight excluding hydrogens is 357 g/mol. The number of carbonyl (C=O) groups is 1. The van der Waals surface area contributed by atoms with Gasteiger partial charge in [-0.25, -0.2) is 4.39 Å². The van der Waals surface area contributed by atoms with E-state index < -0.39 is 0 Å². The normalized spacial score (nSPS) is 24.9. The second-order valence-corrected chi connectivity index (χ2v) is 8.58. The zero-order valence-corrected chi connectivity index (χ0v) is 16.8. The molecule has 1 atom stereocenters. The Bertz CT molecular complexity index is 686. The molecule has 1 saturated carbocycles. The number of methoxy groups -OCH3 is 1. The van der Waals surface area contributed by atoms with E-state index in [0.29, 0.717) is 29.9 Å². The van der Waals surface area contributed by atoms with Gasteiger partial charge in [-0.15, -0.1) is 0 Å². The molecular formula is C22H32FN3O2. The second-order valence-electron chi connectivity index (χ2n) is 8.58. The average molecular weight is 390 g/mol. The smallest absolute Gasteiger partial charge is 0.224 e. The summed E-state index contributed by atoms with van der Waals surface area (Å²) in [6.07, 6.45) is 6.59. The molecule has 1 aliphatic carbocycles. The Labute approximate surface area is 167 Å². The molecule has 6 heteroatoms. The van der Waals surface area contributed by atoms with Crippen molar-refractivity contribution in [1.82, 2.24) is 15.1 Å². The van der Waals surface area contributed by atoms with Gasteiger partial charge in [0.2, 0.25) is 5.91 Å². The number of hydrogen-bond donors (Lipinski definition) is 1. The van der Waals surface area contributed by atoms with Crippen LogP contribution in [0.2, 0.25) is 0 Å². The predicted octanol–water partition coefficient (Wildman–Crippen LogP) is 2.79. The summed E-state index contributed by atoms with van der Waals surface area (Å²) >= 11 is 0. The lowest BCUT2D eigenvalue weighted by Gasteiger charge is -2.42. The van der Waals surface area contributed by atoms with Gasteiger partial charge in [-0.1, -0.05) is 0 Å². The standard InChI is InChI=1S/C22H32FN3O2/c1-28-20-6-7-21(23)17(13-20)14-25-11-8-19(9-12-25)26-10-2-3-16(15-26)22(27)24-18-4-5-18/h6-7,13,16,18-19H,2-5,8-12,14-15H2,1H3,(H,24,27)/t16-/m1/s1. The highest BCUT2D eigenvalue weighted by Gasteiger charge is 2.33. The number of ether oxygens (including phenoxy) is 1. The van der Waals surface area contributed by atoms with E-state index in [1.165, 1.54) is 6.07 Å². The van der Waals surface area contributed by atoms with Gasteiger partial charge >= 0.3 is 0 Å². The maximum atomic E-state index is 14.1. The third-order valence-corrected chi connectivity index (χ3v) is 6.47. The maximum absolute atomic E-state index is 14.1. The van der Waals surface area contributed by atoms with Crippen LogP contribution in [0.4, 0.5) is 4.39 Å². The molecule has 3 aliphatic rings. The zero-order chi connectivity index (χ0) is 19.5. The molecule has 1 N–H and O–H groups in total. The third-order valence-electron chi connectivity index (χ3n) is 6.47. The third kappa shape index (κ3) is 4.84. The van der Waals surface area contributed by atoms with Crippen LogP contribution >= 0.6 is 0 Å². The number of nitrogens with zero attached hydrogens (tertiary/aromatic N) is 2. The molecule has 1 aromatic rings. The van der Waals surface area contributed by atoms with Crippen LogP contribution in [0.1, 0.15) is 44.1 Å². The Morgan fingerprint density at radius 3 is 2.68 bits per heavy atom. The van der Waals surface area contributed by atoms with Crippen molar-refractivity contribution in [3.8, 4) is 5.75 Å². The minimum Gasteiger partial charge on any atom is -0.497 e. The Kier molecular flexibility index (Phi) is 6.16. The van der Waals surface area contributed by atoms with Crippen molar-refractivity contribution in [3.63, 3.8) is 0 Å². The van der Waals surface area contributed by atoms with E-state index >= 15 is 0 Å². The number of rotatable bonds is 6. The molecule has 154 valence electrons. The molecule has 2 aliphatic heterocycles. The molecule has 5 nitrogen and oxygen atoms in total. The highest BCUT2D eigenvalue weighted by Crippen LogP contribution is 2.27. The highest BCUT2D eigenvalue weighted by atomic mass is 19.1. The van der Waals surface area contributed by atoms with Gasteiger partial charge in [0.15, 0.2) is 0 Å². The predicted molar refractivity (Wildman–Crippen MR) is 107 cm³/mol. The largest absolute Gasteiger partial charge is 0.497 e. The van der Waals surface area contributed by atoms with Gasteiger partial charge in [-0.3, -0.25) is 14.6 Å². The van der Waals surface area contributed by atoms with Crippen LogP contribution < -0.4 is 10.1 Å². The van der Waals surface area contributed by atoms with E-state index in [1.807, 2.05) is 0 Å². The number of likely N-dealkylation sites (tertiary alicyclic amines) is 2. The number of benzene rings is 1. The van der Waals surface area contributed by atoms with E-state index in [0.717, 1.165) is 64.7 Å². The first-order chi connectivity index (χ1) is 13.6. The van der Waals surface area contributed by atoms with E-state index in [9.17, 15) is 9.18 Å². The lowest BCUT2D eigenvalue weighted by molar-refractivity contribution is -0.127. The maximum Gasteiger partial charge on any atom is 0.224 e. The Hall–Kier alpha value is -1.66. The van der Waals surface area contributed by atoms with Crippen molar-refractivity contribution in [1.29, 1.82) is 0 Å². The topological polar surface area (TPSA) is 44.8 Å². The molecule has 2 heterocycles. The van der Waals surface area contributed by atoms with Crippen LogP contribution in [0.3, 0.4) is 0 Å². The zero-order valence-electron chi connectivity index (χ0n) is 16.8. The molecule has 2 saturated heterocycles. The molecule has 0 radical (unpaired) electrons. The number of nitrogens with one attached hydrogen (secondary N) is 1. The SMILES string of the molecule is COc1ccc(F)c(CN2CCC(N3CCC[C@@H](C(=O)NC4CC4)C3)CC2)c1. The van der Waals surface area contributed by atoms with Gasteiger partial charge in [0, 0.05) is 30.7 Å². The van der Waals surface area contributed by atoms with Crippen molar-refractivity contribution in [2.45, 2.75) is 57.2 Å². The Balaban J connectivity index is 1.27. The fourth-order valence-corrected chi connectivity index (χ4v) is 4.58. The van der Waals surface area contributed by atoms with Gasteiger partial charge < -0.3 is 10.1 Å². The van der Waals surface area contributed by atoms with Crippen molar-refractivity contribution < 1.29 is 13.9 Å². The number of piperidine rings is 2. The Morgan fingerprint density at radius 2 is 1.96 bits per heavy atom. The minimum atomic E-state index is -0.163. The van der Waals surface area contributed by atoms with E-state index in [-0.39, 0.29) is 17.6 Å². The van der Waals surface area contributed by atoms with E-state index in [1.54, 1.807) is 19.2 Å². The number of hydrogen-bond acceptors (Lipinski definition) is 4. The fourth-order valence-electron chi connectivity index (χ4n) is 4.58. The van der Waals surface area contributed by atoms with Gasteiger partial charge in [-0.2, -0.15) is 0 Å². The monoisotopic (exact) mass is 389 g/mol. The summed E-state index contributed by atoms with van der Waals surface area (Å²) in [6.45, 7) is 4.56. The van der Waals surface area contributed by atoms with Gasteiger partial charge in [0.05, 0.1) is 13.0 Å². The molecule has 3 fully saturated rings. The van der Waals surface area contributed by atoms with Crippen LogP contribution in [0.15, 0.2) is 18.2 Å². The summed E-state index contributed by atoms with van der Waals surface area (Å²) in [5.74, 6) is 0.954. The van der Waals surface area contributed by atoms with Crippen molar-refractivity contribution in [2.24, 2.45) is 5.92 Å². The van der Waals surface area contributed by atoms with E-state index in [4.69, 9.17) is 4.74 Å². The van der Waals surface area contributed by atoms with Crippen molar-refractivity contribution in [3.05, 3.63) is 29.6 Å². The van der Waals surface area contributed by atoms with Gasteiger partial charge in [-0.05, 0) is 76.4 Å². The first kappa shape index (κ1) is 19.6. The summed E-state index contributed by atoms with van der Waals surface area (Å²) in [7, 11) is 1.61. The molecule has 4 rings (SSSR count). The fraction of sp³-hybridized carbons (Fsp3) is 0.682. The summed E-state index contributed by atoms with van der Waals surface area (Å²) in [6, 6.07) is 5.94. The molecule has 1 aromatic carbocycles. The summed E-state index contributed by atoms with van der Waals surface area (Å²) < 4.78 is 19.3. The Morgan fingerprint density at radius 1 is 1.18 bits per heavy atom. The molecule has 0 bridgehead atoms. The summed E-state index contributed by atoms with van der Waals surface area (Å²) in [4.78, 5) is 17.3. The molecule has 0 spiro atoms. The number of halogens is 1. The van der Waals surface area contributed by atoms with Crippen LogP contribution in [0.25, 0.3) is 0 Å². The quantitative estimate of drug-likeness (QED) is 0.813. The second kappa shape index (κ2) is 8.78. The number of amides is 1. The highest BCUT2D eigenvalue weighted by molar-refractivity contribution is 5.79. The van der Waals surface area contributed by atoms with Crippen LogP contribution in [0, 0.1) is 11.7 Å². The first-order valence-corrected chi connectivity index (χ1v) is 10.7. The van der Waals surface area contributed by atoms with Crippen molar-refractivity contribution in [2.75, 3.05) is 33.3 Å². The number of carbonyl (C=O) groups excluding carboxylic acids is 1. The molecule has 28 heavy (non-hydrogen) atoms. The average Bonchev–Trinajstić information content (AvgIpc) is 3.54.